The van der Waals surface area contributed by atoms with Gasteiger partial charge in [-0.2, -0.15) is 0 Å². The summed E-state index contributed by atoms with van der Waals surface area (Å²) in [5, 5.41) is 3.47. The molecule has 0 amide bonds. The molecule has 1 N–H and O–H groups in total. The third-order valence-corrected chi connectivity index (χ3v) is 4.08. The maximum absolute atomic E-state index is 6.12. The maximum atomic E-state index is 6.12. The molecule has 0 aliphatic carbocycles. The molecule has 100 valence electrons. The lowest BCUT2D eigenvalue weighted by Crippen LogP contribution is -2.36. The lowest BCUT2D eigenvalue weighted by molar-refractivity contribution is 0.0214. The number of nitrogens with one attached hydrogen (secondary N) is 1. The van der Waals surface area contributed by atoms with E-state index in [1.54, 1.807) is 0 Å². The highest BCUT2D eigenvalue weighted by Gasteiger charge is 2.29. The van der Waals surface area contributed by atoms with Gasteiger partial charge in [-0.1, -0.05) is 13.8 Å². The number of rotatable bonds is 5. The van der Waals surface area contributed by atoms with E-state index in [1.165, 1.54) is 32.2 Å². The molecule has 0 aromatic rings. The van der Waals surface area contributed by atoms with E-state index in [0.717, 1.165) is 19.1 Å². The Kier molecular flexibility index (Phi) is 4.83. The van der Waals surface area contributed by atoms with Crippen molar-refractivity contribution in [1.82, 2.24) is 10.2 Å². The number of ether oxygens (including phenoxy) is 1. The van der Waals surface area contributed by atoms with Crippen LogP contribution in [-0.2, 0) is 4.74 Å². The van der Waals surface area contributed by atoms with Crippen LogP contribution >= 0.6 is 0 Å². The smallest absolute Gasteiger partial charge is 0.0707 e. The first-order valence-corrected chi connectivity index (χ1v) is 7.28. The highest BCUT2D eigenvalue weighted by atomic mass is 16.5. The molecule has 2 aliphatic heterocycles. The molecule has 3 heteroatoms. The molecule has 0 spiro atoms. The van der Waals surface area contributed by atoms with E-state index in [0.29, 0.717) is 18.2 Å². The van der Waals surface area contributed by atoms with Crippen molar-refractivity contribution in [3.8, 4) is 0 Å². The van der Waals surface area contributed by atoms with Crippen LogP contribution in [0, 0.1) is 0 Å². The fourth-order valence-electron chi connectivity index (χ4n) is 2.96. The van der Waals surface area contributed by atoms with Gasteiger partial charge in [0.05, 0.1) is 12.2 Å². The van der Waals surface area contributed by atoms with Gasteiger partial charge >= 0.3 is 0 Å². The van der Waals surface area contributed by atoms with E-state index >= 15 is 0 Å². The van der Waals surface area contributed by atoms with Crippen LogP contribution in [-0.4, -0.2) is 48.8 Å². The van der Waals surface area contributed by atoms with Gasteiger partial charge in [0.25, 0.3) is 0 Å². The van der Waals surface area contributed by atoms with E-state index in [1.807, 2.05) is 0 Å². The highest BCUT2D eigenvalue weighted by Crippen LogP contribution is 2.24. The first-order chi connectivity index (χ1) is 8.15. The van der Waals surface area contributed by atoms with Gasteiger partial charge in [0.1, 0.15) is 0 Å². The molecule has 2 fully saturated rings. The van der Waals surface area contributed by atoms with Gasteiger partial charge in [-0.15, -0.1) is 0 Å². The van der Waals surface area contributed by atoms with Crippen LogP contribution in [0.5, 0.6) is 0 Å². The fourth-order valence-corrected chi connectivity index (χ4v) is 2.96. The Bertz CT molecular complexity index is 232. The summed E-state index contributed by atoms with van der Waals surface area (Å²) in [4.78, 5) is 2.60. The number of hydrogen-bond donors (Lipinski definition) is 1. The Morgan fingerprint density at radius 1 is 1.24 bits per heavy atom. The zero-order chi connectivity index (χ0) is 12.3. The van der Waals surface area contributed by atoms with Crippen LogP contribution in [0.1, 0.15) is 46.5 Å². The summed E-state index contributed by atoms with van der Waals surface area (Å²) in [6, 6.07) is 1.34. The minimum absolute atomic E-state index is 0.445. The van der Waals surface area contributed by atoms with Crippen molar-refractivity contribution in [2.75, 3.05) is 19.6 Å². The third-order valence-electron chi connectivity index (χ3n) is 4.08. The Hall–Kier alpha value is -0.120. The van der Waals surface area contributed by atoms with Crippen molar-refractivity contribution >= 4 is 0 Å². The summed E-state index contributed by atoms with van der Waals surface area (Å²) in [6.45, 7) is 10.2. The molecule has 0 radical (unpaired) electrons. The van der Waals surface area contributed by atoms with E-state index in [-0.39, 0.29) is 0 Å². The molecule has 17 heavy (non-hydrogen) atoms. The van der Waals surface area contributed by atoms with E-state index in [9.17, 15) is 0 Å². The van der Waals surface area contributed by atoms with Crippen molar-refractivity contribution < 1.29 is 4.74 Å². The molecule has 0 aromatic heterocycles. The van der Waals surface area contributed by atoms with Crippen LogP contribution in [0.2, 0.25) is 0 Å². The van der Waals surface area contributed by atoms with Crippen LogP contribution < -0.4 is 5.32 Å². The van der Waals surface area contributed by atoms with Crippen molar-refractivity contribution in [1.29, 1.82) is 0 Å². The van der Waals surface area contributed by atoms with Crippen LogP contribution in [0.4, 0.5) is 0 Å². The Morgan fingerprint density at radius 2 is 2.00 bits per heavy atom. The van der Waals surface area contributed by atoms with Crippen molar-refractivity contribution in [3.63, 3.8) is 0 Å². The summed E-state index contributed by atoms with van der Waals surface area (Å²) in [6.07, 6.45) is 6.13. The Morgan fingerprint density at radius 3 is 2.65 bits per heavy atom. The van der Waals surface area contributed by atoms with Crippen molar-refractivity contribution in [2.24, 2.45) is 0 Å². The Balaban J connectivity index is 1.67. The monoisotopic (exact) mass is 240 g/mol. The van der Waals surface area contributed by atoms with Gasteiger partial charge in [0, 0.05) is 25.2 Å². The van der Waals surface area contributed by atoms with Crippen molar-refractivity contribution in [2.45, 2.75) is 70.7 Å². The van der Waals surface area contributed by atoms with Gasteiger partial charge in [0.2, 0.25) is 0 Å². The largest absolute Gasteiger partial charge is 0.372 e. The average molecular weight is 240 g/mol. The standard InChI is InChI=1S/C14H28N2O/c1-11(2)15-9-13-6-7-14(17-13)10-16-8-4-5-12(16)3/h11-15H,4-10H2,1-3H3. The molecular formula is C14H28N2O. The summed E-state index contributed by atoms with van der Waals surface area (Å²) < 4.78 is 6.12. The van der Waals surface area contributed by atoms with Crippen LogP contribution in [0.3, 0.4) is 0 Å². The predicted octanol–water partition coefficient (Wildman–Crippen LogP) is 2.02. The number of likely N-dealkylation sites (tertiary alicyclic amines) is 1. The zero-order valence-corrected chi connectivity index (χ0v) is 11.6. The molecule has 3 nitrogen and oxygen atoms in total. The van der Waals surface area contributed by atoms with Gasteiger partial charge < -0.3 is 10.1 Å². The number of hydrogen-bond acceptors (Lipinski definition) is 3. The minimum Gasteiger partial charge on any atom is -0.372 e. The number of nitrogens with zero attached hydrogens (tertiary/aromatic N) is 1. The topological polar surface area (TPSA) is 24.5 Å². The van der Waals surface area contributed by atoms with Crippen LogP contribution in [0.25, 0.3) is 0 Å². The van der Waals surface area contributed by atoms with Gasteiger partial charge in [-0.3, -0.25) is 4.90 Å². The summed E-state index contributed by atoms with van der Waals surface area (Å²) in [5.74, 6) is 0. The maximum Gasteiger partial charge on any atom is 0.0707 e. The molecule has 2 aliphatic rings. The van der Waals surface area contributed by atoms with Crippen molar-refractivity contribution in [3.05, 3.63) is 0 Å². The fraction of sp³-hybridized carbons (Fsp3) is 1.00. The van der Waals surface area contributed by atoms with E-state index in [2.05, 4.69) is 31.0 Å². The molecular weight excluding hydrogens is 212 g/mol. The molecule has 2 rings (SSSR count). The molecule has 2 saturated heterocycles. The molecule has 0 saturated carbocycles. The lowest BCUT2D eigenvalue weighted by Gasteiger charge is -2.25. The lowest BCUT2D eigenvalue weighted by atomic mass is 10.1. The second kappa shape index (κ2) is 6.17. The SMILES string of the molecule is CC(C)NCC1CCC(CN2CCCC2C)O1. The van der Waals surface area contributed by atoms with E-state index < -0.39 is 0 Å². The quantitative estimate of drug-likeness (QED) is 0.795. The van der Waals surface area contributed by atoms with Gasteiger partial charge in [-0.25, -0.2) is 0 Å². The van der Waals surface area contributed by atoms with Gasteiger partial charge in [0.15, 0.2) is 0 Å². The first kappa shape index (κ1) is 13.3. The molecule has 3 unspecified atom stereocenters. The predicted molar refractivity (Wildman–Crippen MR) is 71.3 cm³/mol. The molecule has 0 aromatic carbocycles. The van der Waals surface area contributed by atoms with E-state index in [4.69, 9.17) is 4.74 Å². The van der Waals surface area contributed by atoms with Crippen LogP contribution in [0.15, 0.2) is 0 Å². The second-order valence-electron chi connectivity index (χ2n) is 6.01. The summed E-state index contributed by atoms with van der Waals surface area (Å²) in [7, 11) is 0. The Labute approximate surface area is 106 Å². The molecule has 3 atom stereocenters. The van der Waals surface area contributed by atoms with Gasteiger partial charge in [-0.05, 0) is 39.2 Å². The minimum atomic E-state index is 0.445. The average Bonchev–Trinajstić information content (AvgIpc) is 2.87. The highest BCUT2D eigenvalue weighted by molar-refractivity contribution is 4.82. The summed E-state index contributed by atoms with van der Waals surface area (Å²) in [5.41, 5.74) is 0. The zero-order valence-electron chi connectivity index (χ0n) is 11.6. The molecule has 2 heterocycles. The second-order valence-corrected chi connectivity index (χ2v) is 6.01. The summed E-state index contributed by atoms with van der Waals surface area (Å²) >= 11 is 0. The third kappa shape index (κ3) is 3.94. The first-order valence-electron chi connectivity index (χ1n) is 7.28. The molecule has 0 bridgehead atoms. The normalized spacial score (nSPS) is 34.9.